The summed E-state index contributed by atoms with van der Waals surface area (Å²) in [6.45, 7) is 2.09. The number of nitrogens with zero attached hydrogens (tertiary/aromatic N) is 3. The van der Waals surface area contributed by atoms with Gasteiger partial charge in [-0.3, -0.25) is 0 Å². The number of carboxylic acids is 1. The SMILES string of the molecule is O=C(O)c1cnc(CC2CCN(c3ccccc3)CC2)nc1. The molecule has 22 heavy (non-hydrogen) atoms. The zero-order chi connectivity index (χ0) is 15.4. The van der Waals surface area contributed by atoms with Crippen molar-refractivity contribution in [2.45, 2.75) is 19.3 Å². The van der Waals surface area contributed by atoms with E-state index in [1.54, 1.807) is 0 Å². The van der Waals surface area contributed by atoms with Crippen LogP contribution in [-0.4, -0.2) is 34.1 Å². The van der Waals surface area contributed by atoms with Gasteiger partial charge < -0.3 is 10.0 Å². The van der Waals surface area contributed by atoms with Crippen molar-refractivity contribution >= 4 is 11.7 Å². The highest BCUT2D eigenvalue weighted by Gasteiger charge is 2.20. The molecule has 1 aliphatic rings. The molecule has 1 aliphatic heterocycles. The zero-order valence-corrected chi connectivity index (χ0v) is 12.4. The lowest BCUT2D eigenvalue weighted by Gasteiger charge is -2.33. The summed E-state index contributed by atoms with van der Waals surface area (Å²) in [5.41, 5.74) is 1.42. The summed E-state index contributed by atoms with van der Waals surface area (Å²) in [4.78, 5) is 21.5. The predicted octanol–water partition coefficient (Wildman–Crippen LogP) is 2.63. The first kappa shape index (κ1) is 14.5. The third kappa shape index (κ3) is 3.42. The molecule has 0 unspecified atom stereocenters. The first-order chi connectivity index (χ1) is 10.7. The van der Waals surface area contributed by atoms with E-state index in [-0.39, 0.29) is 5.56 Å². The number of carboxylic acid groups (broad SMARTS) is 1. The molecule has 1 saturated heterocycles. The Hall–Kier alpha value is -2.43. The molecule has 0 aliphatic carbocycles. The topological polar surface area (TPSA) is 66.3 Å². The normalized spacial score (nSPS) is 15.7. The van der Waals surface area contributed by atoms with Crippen LogP contribution in [-0.2, 0) is 6.42 Å². The fraction of sp³-hybridized carbons (Fsp3) is 0.353. The minimum atomic E-state index is -0.984. The molecule has 1 aromatic carbocycles. The zero-order valence-electron chi connectivity index (χ0n) is 12.4. The molecule has 1 fully saturated rings. The average molecular weight is 297 g/mol. The van der Waals surface area contributed by atoms with Crippen molar-refractivity contribution in [3.63, 3.8) is 0 Å². The van der Waals surface area contributed by atoms with E-state index < -0.39 is 5.97 Å². The fourth-order valence-electron chi connectivity index (χ4n) is 2.86. The molecule has 114 valence electrons. The fourth-order valence-corrected chi connectivity index (χ4v) is 2.86. The van der Waals surface area contributed by atoms with E-state index in [0.717, 1.165) is 38.2 Å². The Morgan fingerprint density at radius 2 is 1.77 bits per heavy atom. The number of carbonyl (C=O) groups is 1. The van der Waals surface area contributed by atoms with Crippen LogP contribution in [0.1, 0.15) is 29.0 Å². The lowest BCUT2D eigenvalue weighted by atomic mass is 9.93. The Kier molecular flexibility index (Phi) is 4.32. The molecular formula is C17H19N3O2. The highest BCUT2D eigenvalue weighted by molar-refractivity contribution is 5.86. The number of aromatic carboxylic acids is 1. The quantitative estimate of drug-likeness (QED) is 0.939. The van der Waals surface area contributed by atoms with Gasteiger partial charge in [0, 0.05) is 37.6 Å². The highest BCUT2D eigenvalue weighted by atomic mass is 16.4. The van der Waals surface area contributed by atoms with Gasteiger partial charge in [-0.05, 0) is 30.9 Å². The van der Waals surface area contributed by atoms with Crippen LogP contribution in [0.3, 0.4) is 0 Å². The molecule has 2 heterocycles. The minimum absolute atomic E-state index is 0.141. The summed E-state index contributed by atoms with van der Waals surface area (Å²) in [6.07, 6.45) is 5.83. The third-order valence-corrected chi connectivity index (χ3v) is 4.16. The van der Waals surface area contributed by atoms with Gasteiger partial charge >= 0.3 is 5.97 Å². The van der Waals surface area contributed by atoms with Crippen LogP contribution in [0.5, 0.6) is 0 Å². The molecule has 0 saturated carbocycles. The van der Waals surface area contributed by atoms with Gasteiger partial charge in [0.15, 0.2) is 0 Å². The van der Waals surface area contributed by atoms with E-state index in [4.69, 9.17) is 5.11 Å². The van der Waals surface area contributed by atoms with Gasteiger partial charge in [0.2, 0.25) is 0 Å². The molecule has 2 aromatic rings. The minimum Gasteiger partial charge on any atom is -0.478 e. The predicted molar refractivity (Wildman–Crippen MR) is 84.1 cm³/mol. The van der Waals surface area contributed by atoms with Gasteiger partial charge in [-0.2, -0.15) is 0 Å². The maximum atomic E-state index is 10.8. The maximum Gasteiger partial charge on any atom is 0.338 e. The first-order valence-electron chi connectivity index (χ1n) is 7.56. The second-order valence-corrected chi connectivity index (χ2v) is 5.66. The van der Waals surface area contributed by atoms with Crippen molar-refractivity contribution in [2.75, 3.05) is 18.0 Å². The van der Waals surface area contributed by atoms with Crippen LogP contribution in [0.4, 0.5) is 5.69 Å². The standard InChI is InChI=1S/C17H19N3O2/c21-17(22)14-11-18-16(19-12-14)10-13-6-8-20(9-7-13)15-4-2-1-3-5-15/h1-5,11-13H,6-10H2,(H,21,22). The molecule has 0 radical (unpaired) electrons. The van der Waals surface area contributed by atoms with Crippen molar-refractivity contribution in [1.82, 2.24) is 9.97 Å². The molecule has 0 bridgehead atoms. The lowest BCUT2D eigenvalue weighted by Crippen LogP contribution is -2.34. The van der Waals surface area contributed by atoms with Gasteiger partial charge in [-0.25, -0.2) is 14.8 Å². The number of anilines is 1. The van der Waals surface area contributed by atoms with Crippen molar-refractivity contribution in [3.8, 4) is 0 Å². The van der Waals surface area contributed by atoms with Gasteiger partial charge in [-0.15, -0.1) is 0 Å². The van der Waals surface area contributed by atoms with Crippen LogP contribution in [0.2, 0.25) is 0 Å². The van der Waals surface area contributed by atoms with Crippen molar-refractivity contribution in [1.29, 1.82) is 0 Å². The van der Waals surface area contributed by atoms with E-state index in [2.05, 4.69) is 39.1 Å². The van der Waals surface area contributed by atoms with E-state index in [0.29, 0.717) is 5.92 Å². The Bertz CT molecular complexity index is 620. The van der Waals surface area contributed by atoms with Crippen LogP contribution in [0.25, 0.3) is 0 Å². The van der Waals surface area contributed by atoms with Crippen LogP contribution >= 0.6 is 0 Å². The Morgan fingerprint density at radius 3 is 2.36 bits per heavy atom. The maximum absolute atomic E-state index is 10.8. The lowest BCUT2D eigenvalue weighted by molar-refractivity contribution is 0.0696. The van der Waals surface area contributed by atoms with E-state index >= 15 is 0 Å². The monoisotopic (exact) mass is 297 g/mol. The Morgan fingerprint density at radius 1 is 1.14 bits per heavy atom. The summed E-state index contributed by atoms with van der Waals surface area (Å²) in [5, 5.41) is 8.85. The summed E-state index contributed by atoms with van der Waals surface area (Å²) < 4.78 is 0. The second kappa shape index (κ2) is 6.56. The number of hydrogen-bond acceptors (Lipinski definition) is 4. The third-order valence-electron chi connectivity index (χ3n) is 4.16. The number of piperidine rings is 1. The van der Waals surface area contributed by atoms with Crippen LogP contribution < -0.4 is 4.90 Å². The summed E-state index contributed by atoms with van der Waals surface area (Å²) >= 11 is 0. The summed E-state index contributed by atoms with van der Waals surface area (Å²) in [5.74, 6) is 0.321. The second-order valence-electron chi connectivity index (χ2n) is 5.66. The molecule has 1 aromatic heterocycles. The van der Waals surface area contributed by atoms with Crippen molar-refractivity contribution in [2.24, 2.45) is 5.92 Å². The number of aromatic nitrogens is 2. The Balaban J connectivity index is 1.54. The average Bonchev–Trinajstić information content (AvgIpc) is 2.57. The largest absolute Gasteiger partial charge is 0.478 e. The molecule has 0 atom stereocenters. The van der Waals surface area contributed by atoms with E-state index in [1.165, 1.54) is 18.1 Å². The van der Waals surface area contributed by atoms with Gasteiger partial charge in [-0.1, -0.05) is 18.2 Å². The summed E-state index contributed by atoms with van der Waals surface area (Å²) in [7, 11) is 0. The number of hydrogen-bond donors (Lipinski definition) is 1. The van der Waals surface area contributed by atoms with Crippen LogP contribution in [0.15, 0.2) is 42.7 Å². The van der Waals surface area contributed by atoms with Crippen molar-refractivity contribution in [3.05, 3.63) is 54.1 Å². The summed E-state index contributed by atoms with van der Waals surface area (Å²) in [6, 6.07) is 10.5. The molecule has 0 spiro atoms. The van der Waals surface area contributed by atoms with Crippen molar-refractivity contribution < 1.29 is 9.90 Å². The molecule has 5 heteroatoms. The van der Waals surface area contributed by atoms with Crippen LogP contribution in [0, 0.1) is 5.92 Å². The molecule has 1 N–H and O–H groups in total. The molecule has 3 rings (SSSR count). The number of benzene rings is 1. The number of rotatable bonds is 4. The Labute approximate surface area is 129 Å². The van der Waals surface area contributed by atoms with Gasteiger partial charge in [0.05, 0.1) is 5.56 Å². The van der Waals surface area contributed by atoms with E-state index in [9.17, 15) is 4.79 Å². The smallest absolute Gasteiger partial charge is 0.338 e. The van der Waals surface area contributed by atoms with E-state index in [1.807, 2.05) is 6.07 Å². The van der Waals surface area contributed by atoms with Gasteiger partial charge in [0.25, 0.3) is 0 Å². The van der Waals surface area contributed by atoms with Gasteiger partial charge in [0.1, 0.15) is 5.82 Å². The molecule has 0 amide bonds. The first-order valence-corrected chi connectivity index (χ1v) is 7.56. The highest BCUT2D eigenvalue weighted by Crippen LogP contribution is 2.24. The molecular weight excluding hydrogens is 278 g/mol. The number of para-hydroxylation sites is 1. The molecule has 5 nitrogen and oxygen atoms in total.